The van der Waals surface area contributed by atoms with Gasteiger partial charge in [0, 0.05) is 43.5 Å². The standard InChI is InChI=1S/C19H22F2N4O4/c1-3-26-17-12(5-4-6-23-17)9-24-19(22-2)25-10-13-7-15-16(28-11-27-15)8-14(13)29-18(20)21/h4-8,18H,3,9-11H2,1-2H3,(H2,22,24,25). The Morgan fingerprint density at radius 1 is 1.21 bits per heavy atom. The highest BCUT2D eigenvalue weighted by Gasteiger charge is 2.20. The number of ether oxygens (including phenoxy) is 4. The Bertz CT molecular complexity index is 864. The van der Waals surface area contributed by atoms with Crippen LogP contribution < -0.4 is 29.6 Å². The number of pyridine rings is 1. The SMILES string of the molecule is CCOc1ncccc1CNC(=NC)NCc1cc2c(cc1OC(F)F)OCO2. The number of halogens is 2. The van der Waals surface area contributed by atoms with Gasteiger partial charge in [-0.05, 0) is 19.1 Å². The summed E-state index contributed by atoms with van der Waals surface area (Å²) in [6, 6.07) is 6.71. The maximum absolute atomic E-state index is 12.8. The van der Waals surface area contributed by atoms with Gasteiger partial charge in [0.1, 0.15) is 5.75 Å². The molecular weight excluding hydrogens is 386 g/mol. The van der Waals surface area contributed by atoms with Crippen LogP contribution in [0.4, 0.5) is 8.78 Å². The minimum atomic E-state index is -2.95. The van der Waals surface area contributed by atoms with Gasteiger partial charge < -0.3 is 29.6 Å². The molecule has 0 unspecified atom stereocenters. The number of alkyl halides is 2. The lowest BCUT2D eigenvalue weighted by Crippen LogP contribution is -2.36. The van der Waals surface area contributed by atoms with Gasteiger partial charge in [0.15, 0.2) is 17.5 Å². The van der Waals surface area contributed by atoms with Gasteiger partial charge in [0.05, 0.1) is 6.61 Å². The molecule has 1 aliphatic heterocycles. The van der Waals surface area contributed by atoms with Crippen LogP contribution in [-0.4, -0.2) is 38.0 Å². The smallest absolute Gasteiger partial charge is 0.387 e. The van der Waals surface area contributed by atoms with E-state index in [1.807, 2.05) is 19.1 Å². The summed E-state index contributed by atoms with van der Waals surface area (Å²) in [5, 5.41) is 6.21. The molecule has 156 valence electrons. The lowest BCUT2D eigenvalue weighted by Gasteiger charge is -2.16. The van der Waals surface area contributed by atoms with Crippen molar-refractivity contribution in [1.82, 2.24) is 15.6 Å². The minimum absolute atomic E-state index is 0.0121. The normalized spacial score (nSPS) is 12.8. The van der Waals surface area contributed by atoms with Crippen LogP contribution in [0, 0.1) is 0 Å². The van der Waals surface area contributed by atoms with Gasteiger partial charge in [-0.25, -0.2) is 4.98 Å². The van der Waals surface area contributed by atoms with Crippen molar-refractivity contribution in [2.75, 3.05) is 20.4 Å². The summed E-state index contributed by atoms with van der Waals surface area (Å²) in [5.74, 6) is 1.87. The molecule has 2 heterocycles. The second kappa shape index (κ2) is 9.76. The molecule has 0 atom stereocenters. The zero-order valence-corrected chi connectivity index (χ0v) is 16.1. The van der Waals surface area contributed by atoms with E-state index in [1.165, 1.54) is 6.07 Å². The summed E-state index contributed by atoms with van der Waals surface area (Å²) in [4.78, 5) is 8.35. The molecule has 1 aliphatic rings. The number of benzene rings is 1. The van der Waals surface area contributed by atoms with Crippen LogP contribution in [-0.2, 0) is 13.1 Å². The van der Waals surface area contributed by atoms with E-state index < -0.39 is 6.61 Å². The number of hydrogen-bond acceptors (Lipinski definition) is 6. The third kappa shape index (κ3) is 5.37. The molecule has 0 saturated heterocycles. The molecule has 1 aromatic heterocycles. The molecule has 0 amide bonds. The Balaban J connectivity index is 1.65. The van der Waals surface area contributed by atoms with Crippen LogP contribution in [0.3, 0.4) is 0 Å². The van der Waals surface area contributed by atoms with Gasteiger partial charge in [0.25, 0.3) is 0 Å². The highest BCUT2D eigenvalue weighted by Crippen LogP contribution is 2.38. The number of aliphatic imine (C=N–C) groups is 1. The summed E-state index contributed by atoms with van der Waals surface area (Å²) in [6.07, 6.45) is 1.66. The van der Waals surface area contributed by atoms with Crippen LogP contribution in [0.25, 0.3) is 0 Å². The van der Waals surface area contributed by atoms with Gasteiger partial charge >= 0.3 is 6.61 Å². The van der Waals surface area contributed by atoms with Crippen LogP contribution in [0.1, 0.15) is 18.1 Å². The third-order valence-electron chi connectivity index (χ3n) is 4.02. The Labute approximate surface area is 166 Å². The first-order chi connectivity index (χ1) is 14.1. The molecule has 29 heavy (non-hydrogen) atoms. The number of nitrogens with zero attached hydrogens (tertiary/aromatic N) is 2. The van der Waals surface area contributed by atoms with E-state index >= 15 is 0 Å². The zero-order chi connectivity index (χ0) is 20.6. The fourth-order valence-corrected chi connectivity index (χ4v) is 2.71. The van der Waals surface area contributed by atoms with Crippen molar-refractivity contribution in [2.45, 2.75) is 26.6 Å². The van der Waals surface area contributed by atoms with Gasteiger partial charge in [-0.1, -0.05) is 6.07 Å². The van der Waals surface area contributed by atoms with E-state index in [-0.39, 0.29) is 19.1 Å². The topological polar surface area (TPSA) is 86.2 Å². The highest BCUT2D eigenvalue weighted by atomic mass is 19.3. The molecule has 0 aliphatic carbocycles. The minimum Gasteiger partial charge on any atom is -0.478 e. The van der Waals surface area contributed by atoms with E-state index in [9.17, 15) is 8.78 Å². The molecule has 1 aromatic carbocycles. The summed E-state index contributed by atoms with van der Waals surface area (Å²) in [7, 11) is 1.61. The fourth-order valence-electron chi connectivity index (χ4n) is 2.71. The van der Waals surface area contributed by atoms with Gasteiger partial charge in [-0.3, -0.25) is 4.99 Å². The lowest BCUT2D eigenvalue weighted by atomic mass is 10.1. The van der Waals surface area contributed by atoms with E-state index in [0.29, 0.717) is 42.1 Å². The predicted molar refractivity (Wildman–Crippen MR) is 102 cm³/mol. The van der Waals surface area contributed by atoms with Crippen molar-refractivity contribution in [3.63, 3.8) is 0 Å². The van der Waals surface area contributed by atoms with Crippen molar-refractivity contribution in [3.8, 4) is 23.1 Å². The Morgan fingerprint density at radius 3 is 2.62 bits per heavy atom. The first kappa shape index (κ1) is 20.4. The Kier molecular flexibility index (Phi) is 6.88. The van der Waals surface area contributed by atoms with Crippen molar-refractivity contribution < 1.29 is 27.7 Å². The summed E-state index contributed by atoms with van der Waals surface area (Å²) < 4.78 is 46.2. The summed E-state index contributed by atoms with van der Waals surface area (Å²) >= 11 is 0. The number of aromatic nitrogens is 1. The van der Waals surface area contributed by atoms with Crippen molar-refractivity contribution in [2.24, 2.45) is 4.99 Å². The maximum atomic E-state index is 12.8. The number of guanidine groups is 1. The highest BCUT2D eigenvalue weighted by molar-refractivity contribution is 5.79. The quantitative estimate of drug-likeness (QED) is 0.513. The number of fused-ring (bicyclic) bond motifs is 1. The van der Waals surface area contributed by atoms with Crippen LogP contribution in [0.5, 0.6) is 23.1 Å². The fraction of sp³-hybridized carbons (Fsp3) is 0.368. The van der Waals surface area contributed by atoms with Gasteiger partial charge in [-0.15, -0.1) is 0 Å². The average Bonchev–Trinajstić information content (AvgIpc) is 3.16. The van der Waals surface area contributed by atoms with Gasteiger partial charge in [-0.2, -0.15) is 8.78 Å². The van der Waals surface area contributed by atoms with E-state index in [4.69, 9.17) is 14.2 Å². The lowest BCUT2D eigenvalue weighted by molar-refractivity contribution is -0.0505. The largest absolute Gasteiger partial charge is 0.478 e. The molecule has 8 nitrogen and oxygen atoms in total. The summed E-state index contributed by atoms with van der Waals surface area (Å²) in [6.45, 7) is 0.0876. The number of hydrogen-bond donors (Lipinski definition) is 2. The monoisotopic (exact) mass is 408 g/mol. The van der Waals surface area contributed by atoms with Crippen LogP contribution in [0.15, 0.2) is 35.5 Å². The number of nitrogens with one attached hydrogen (secondary N) is 2. The zero-order valence-electron chi connectivity index (χ0n) is 16.1. The third-order valence-corrected chi connectivity index (χ3v) is 4.02. The summed E-state index contributed by atoms with van der Waals surface area (Å²) in [5.41, 5.74) is 1.34. The molecule has 10 heteroatoms. The van der Waals surface area contributed by atoms with Crippen molar-refractivity contribution >= 4 is 5.96 Å². The van der Waals surface area contributed by atoms with Crippen LogP contribution >= 0.6 is 0 Å². The van der Waals surface area contributed by atoms with E-state index in [0.717, 1.165) is 5.56 Å². The first-order valence-corrected chi connectivity index (χ1v) is 8.99. The maximum Gasteiger partial charge on any atom is 0.387 e. The van der Waals surface area contributed by atoms with E-state index in [2.05, 4.69) is 25.3 Å². The van der Waals surface area contributed by atoms with Crippen molar-refractivity contribution in [3.05, 3.63) is 41.6 Å². The Morgan fingerprint density at radius 2 is 1.93 bits per heavy atom. The number of rotatable bonds is 8. The molecule has 2 aromatic rings. The van der Waals surface area contributed by atoms with Crippen LogP contribution in [0.2, 0.25) is 0 Å². The van der Waals surface area contributed by atoms with E-state index in [1.54, 1.807) is 19.3 Å². The van der Waals surface area contributed by atoms with Gasteiger partial charge in [0.2, 0.25) is 12.7 Å². The molecule has 3 rings (SSSR count). The second-order valence-electron chi connectivity index (χ2n) is 5.87. The molecule has 2 N–H and O–H groups in total. The molecule has 0 spiro atoms. The Hall–Kier alpha value is -3.30. The molecule has 0 fully saturated rings. The average molecular weight is 408 g/mol. The first-order valence-electron chi connectivity index (χ1n) is 8.99. The molecule has 0 bridgehead atoms. The molecule has 0 radical (unpaired) electrons. The molecule has 0 saturated carbocycles. The van der Waals surface area contributed by atoms with Crippen molar-refractivity contribution in [1.29, 1.82) is 0 Å². The predicted octanol–water partition coefficient (Wildman–Crippen LogP) is 2.68. The second-order valence-corrected chi connectivity index (χ2v) is 5.87. The molecular formula is C19H22F2N4O4.